The van der Waals surface area contributed by atoms with Crippen molar-refractivity contribution in [3.05, 3.63) is 0 Å². The summed E-state index contributed by atoms with van der Waals surface area (Å²) in [7, 11) is 0. The molecule has 0 aromatic heterocycles. The van der Waals surface area contributed by atoms with Crippen LogP contribution in [0.1, 0.15) is 40.5 Å². The summed E-state index contributed by atoms with van der Waals surface area (Å²) in [6.45, 7) is 7.37. The first-order chi connectivity index (χ1) is 6.93. The van der Waals surface area contributed by atoms with E-state index in [0.717, 1.165) is 0 Å². The van der Waals surface area contributed by atoms with Crippen molar-refractivity contribution >= 4 is 0 Å². The van der Waals surface area contributed by atoms with E-state index < -0.39 is 11.4 Å². The molecule has 0 radical (unpaired) electrons. The highest BCUT2D eigenvalue weighted by Gasteiger charge is 2.44. The minimum absolute atomic E-state index is 0.0204. The predicted octanol–water partition coefficient (Wildman–Crippen LogP) is 2.22. The average molecular weight is 207 g/mol. The van der Waals surface area contributed by atoms with Crippen molar-refractivity contribution < 1.29 is 9.47 Å². The van der Waals surface area contributed by atoms with Crippen molar-refractivity contribution in [2.45, 2.75) is 58.0 Å². The first-order valence-electron chi connectivity index (χ1n) is 5.12. The molecule has 2 atom stereocenters. The first kappa shape index (κ1) is 12.0. The van der Waals surface area contributed by atoms with Gasteiger partial charge >= 0.3 is 0 Å². The fraction of sp³-hybridized carbons (Fsp3) is 0.750. The summed E-state index contributed by atoms with van der Waals surface area (Å²) in [6, 6.07) is 2.23. The van der Waals surface area contributed by atoms with E-state index in [2.05, 4.69) is 17.9 Å². The lowest BCUT2D eigenvalue weighted by atomic mass is 9.92. The topological polar surface area (TPSA) is 42.2 Å². The molecular weight excluding hydrogens is 190 g/mol. The number of hydrogen-bond acceptors (Lipinski definition) is 3. The van der Waals surface area contributed by atoms with E-state index in [1.165, 1.54) is 0 Å². The van der Waals surface area contributed by atoms with Gasteiger partial charge in [0.2, 0.25) is 0 Å². The minimum Gasteiger partial charge on any atom is -0.347 e. The molecule has 0 N–H and O–H groups in total. The van der Waals surface area contributed by atoms with Gasteiger partial charge in [-0.1, -0.05) is 5.92 Å². The molecule has 3 nitrogen and oxygen atoms in total. The van der Waals surface area contributed by atoms with Crippen LogP contribution in [0.3, 0.4) is 0 Å². The molecule has 0 aliphatic carbocycles. The third-order valence-electron chi connectivity index (χ3n) is 2.30. The molecule has 1 saturated heterocycles. The number of rotatable bonds is 1. The Bertz CT molecular complexity index is 332. The Labute approximate surface area is 91.4 Å². The molecule has 0 bridgehead atoms. The second kappa shape index (κ2) is 4.23. The molecule has 0 unspecified atom stereocenters. The Balaban J connectivity index is 2.88. The summed E-state index contributed by atoms with van der Waals surface area (Å²) in [4.78, 5) is 0. The van der Waals surface area contributed by atoms with E-state index in [0.29, 0.717) is 12.8 Å². The Kier molecular flexibility index (Phi) is 3.39. The van der Waals surface area contributed by atoms with E-state index in [1.54, 1.807) is 6.92 Å². The van der Waals surface area contributed by atoms with Crippen molar-refractivity contribution in [3.8, 4) is 17.9 Å². The molecule has 3 heteroatoms. The molecule has 0 saturated carbocycles. The minimum atomic E-state index is -0.815. The lowest BCUT2D eigenvalue weighted by molar-refractivity contribution is -0.315. The van der Waals surface area contributed by atoms with Crippen LogP contribution in [0.15, 0.2) is 0 Å². The summed E-state index contributed by atoms with van der Waals surface area (Å²) >= 11 is 0. The molecule has 15 heavy (non-hydrogen) atoms. The van der Waals surface area contributed by atoms with Crippen LogP contribution in [0.2, 0.25) is 0 Å². The lowest BCUT2D eigenvalue weighted by Gasteiger charge is -2.43. The van der Waals surface area contributed by atoms with Crippen LogP contribution in [-0.2, 0) is 9.47 Å². The highest BCUT2D eigenvalue weighted by atomic mass is 16.7. The largest absolute Gasteiger partial charge is 0.347 e. The predicted molar refractivity (Wildman–Crippen MR) is 56.7 cm³/mol. The Hall–Kier alpha value is -1.03. The summed E-state index contributed by atoms with van der Waals surface area (Å²) in [5.41, 5.74) is -0.815. The third-order valence-corrected chi connectivity index (χ3v) is 2.30. The lowest BCUT2D eigenvalue weighted by Crippen LogP contribution is -2.50. The van der Waals surface area contributed by atoms with Crippen LogP contribution in [0.25, 0.3) is 0 Å². The van der Waals surface area contributed by atoms with E-state index in [-0.39, 0.29) is 6.10 Å². The molecule has 1 rings (SSSR count). The molecule has 82 valence electrons. The Morgan fingerprint density at radius 3 is 2.60 bits per heavy atom. The molecule has 0 aromatic rings. The van der Waals surface area contributed by atoms with Crippen LogP contribution >= 0.6 is 0 Å². The SMILES string of the molecule is CC#CC[C@]1(C#N)C[C@@H](C)OC(C)(C)O1. The zero-order chi connectivity index (χ0) is 11.5. The maximum absolute atomic E-state index is 9.22. The van der Waals surface area contributed by atoms with Crippen molar-refractivity contribution in [2.75, 3.05) is 0 Å². The fourth-order valence-electron chi connectivity index (χ4n) is 1.97. The zero-order valence-corrected chi connectivity index (χ0v) is 9.76. The molecule has 0 aromatic carbocycles. The second-order valence-electron chi connectivity index (χ2n) is 4.34. The van der Waals surface area contributed by atoms with Gasteiger partial charge in [-0.25, -0.2) is 0 Å². The van der Waals surface area contributed by atoms with Gasteiger partial charge in [-0.05, 0) is 27.7 Å². The first-order valence-corrected chi connectivity index (χ1v) is 5.12. The van der Waals surface area contributed by atoms with Gasteiger partial charge in [-0.15, -0.1) is 5.92 Å². The van der Waals surface area contributed by atoms with Crippen molar-refractivity contribution in [3.63, 3.8) is 0 Å². The second-order valence-corrected chi connectivity index (χ2v) is 4.34. The molecule has 1 heterocycles. The van der Waals surface area contributed by atoms with Gasteiger partial charge in [0.15, 0.2) is 11.4 Å². The van der Waals surface area contributed by atoms with Crippen molar-refractivity contribution in [2.24, 2.45) is 0 Å². The van der Waals surface area contributed by atoms with Crippen LogP contribution in [0.4, 0.5) is 0 Å². The van der Waals surface area contributed by atoms with Gasteiger partial charge in [-0.2, -0.15) is 5.26 Å². The molecule has 0 spiro atoms. The quantitative estimate of drug-likeness (QED) is 0.619. The number of nitriles is 1. The van der Waals surface area contributed by atoms with Gasteiger partial charge < -0.3 is 9.47 Å². The van der Waals surface area contributed by atoms with Crippen molar-refractivity contribution in [1.82, 2.24) is 0 Å². The van der Waals surface area contributed by atoms with Gasteiger partial charge in [0.05, 0.1) is 18.6 Å². The summed E-state index contributed by atoms with van der Waals surface area (Å²) in [5, 5.41) is 9.22. The molecule has 1 aliphatic heterocycles. The maximum Gasteiger partial charge on any atom is 0.170 e. The summed E-state index contributed by atoms with van der Waals surface area (Å²) in [6.07, 6.45) is 1.03. The Morgan fingerprint density at radius 1 is 1.47 bits per heavy atom. The number of ether oxygens (including phenoxy) is 2. The molecule has 0 amide bonds. The van der Waals surface area contributed by atoms with Crippen LogP contribution in [-0.4, -0.2) is 17.5 Å². The smallest absolute Gasteiger partial charge is 0.170 e. The molecular formula is C12H17NO2. The summed E-state index contributed by atoms with van der Waals surface area (Å²) in [5.74, 6) is 5.00. The van der Waals surface area contributed by atoms with Crippen molar-refractivity contribution in [1.29, 1.82) is 5.26 Å². The highest BCUT2D eigenvalue weighted by molar-refractivity contribution is 5.13. The number of hydrogen-bond donors (Lipinski definition) is 0. The van der Waals surface area contributed by atoms with Crippen LogP contribution in [0.5, 0.6) is 0 Å². The standard InChI is InChI=1S/C12H17NO2/c1-5-6-7-12(9-13)8-10(2)14-11(3,4)15-12/h10H,7-8H2,1-4H3/t10-,12-/m1/s1. The van der Waals surface area contributed by atoms with Crippen LogP contribution in [0, 0.1) is 23.2 Å². The van der Waals surface area contributed by atoms with Crippen LogP contribution < -0.4 is 0 Å². The van der Waals surface area contributed by atoms with Gasteiger partial charge in [0.1, 0.15) is 0 Å². The monoisotopic (exact) mass is 207 g/mol. The van der Waals surface area contributed by atoms with Gasteiger partial charge in [-0.3, -0.25) is 0 Å². The molecule has 1 aliphatic rings. The van der Waals surface area contributed by atoms with Gasteiger partial charge in [0, 0.05) is 6.42 Å². The average Bonchev–Trinajstić information content (AvgIpc) is 2.11. The maximum atomic E-state index is 9.22. The zero-order valence-electron chi connectivity index (χ0n) is 9.76. The van der Waals surface area contributed by atoms with E-state index in [1.807, 2.05) is 20.8 Å². The third kappa shape index (κ3) is 2.96. The highest BCUT2D eigenvalue weighted by Crippen LogP contribution is 2.35. The normalized spacial score (nSPS) is 33.7. The fourth-order valence-corrected chi connectivity index (χ4v) is 1.97. The van der Waals surface area contributed by atoms with Gasteiger partial charge in [0.25, 0.3) is 0 Å². The van der Waals surface area contributed by atoms with E-state index in [9.17, 15) is 5.26 Å². The Morgan fingerprint density at radius 2 is 2.13 bits per heavy atom. The molecule has 1 fully saturated rings. The number of nitrogens with zero attached hydrogens (tertiary/aromatic N) is 1. The summed E-state index contributed by atoms with van der Waals surface area (Å²) < 4.78 is 11.3. The van der Waals surface area contributed by atoms with E-state index >= 15 is 0 Å². The van der Waals surface area contributed by atoms with E-state index in [4.69, 9.17) is 9.47 Å².